The topological polar surface area (TPSA) is 142 Å². The summed E-state index contributed by atoms with van der Waals surface area (Å²) in [5.41, 5.74) is -2.25. The van der Waals surface area contributed by atoms with Gasteiger partial charge in [0.05, 0.1) is 5.60 Å². The van der Waals surface area contributed by atoms with E-state index in [2.05, 4.69) is 11.3 Å². The van der Waals surface area contributed by atoms with E-state index in [1.54, 1.807) is 0 Å². The SMILES string of the molecule is C=C(C)C(=O)OC12CC3CC(CC(OCOC(=O)C(F)(F)S(=O)(=O)NS(=O)(=O)C(F)(F)C(F)(F)C(F)(F)C(F)(F)F)(C3)C1)C2. The first-order valence-corrected chi connectivity index (χ1v) is 15.0. The number of nitrogens with one attached hydrogen (secondary N) is 1. The summed E-state index contributed by atoms with van der Waals surface area (Å²) in [5, 5.41) is -13.9. The lowest BCUT2D eigenvalue weighted by molar-refractivity contribution is -0.382. The minimum absolute atomic E-state index is 0.0239. The van der Waals surface area contributed by atoms with Crippen LogP contribution < -0.4 is 4.13 Å². The van der Waals surface area contributed by atoms with Gasteiger partial charge >= 0.3 is 50.5 Å². The van der Waals surface area contributed by atoms with Gasteiger partial charge in [-0.15, -0.1) is 0 Å². The van der Waals surface area contributed by atoms with Crippen LogP contribution in [0.1, 0.15) is 45.4 Å². The average Bonchev–Trinajstić information content (AvgIpc) is 2.80. The Morgan fingerprint density at radius 3 is 1.75 bits per heavy atom. The maximum Gasteiger partial charge on any atom is 0.460 e. The molecule has 0 radical (unpaired) electrons. The normalized spacial score (nSPS) is 28.1. The van der Waals surface area contributed by atoms with Gasteiger partial charge in [-0.3, -0.25) is 0 Å². The smallest absolute Gasteiger partial charge is 0.456 e. The van der Waals surface area contributed by atoms with Crippen molar-refractivity contribution in [3.63, 3.8) is 0 Å². The van der Waals surface area contributed by atoms with Crippen LogP contribution in [0.2, 0.25) is 0 Å². The number of hydrogen-bond acceptors (Lipinski definition) is 9. The molecule has 0 spiro atoms. The number of alkyl halides is 11. The third-order valence-electron chi connectivity index (χ3n) is 7.41. The lowest BCUT2D eigenvalue weighted by atomic mass is 9.52. The minimum Gasteiger partial charge on any atom is -0.456 e. The van der Waals surface area contributed by atoms with Crippen molar-refractivity contribution in [2.24, 2.45) is 11.8 Å². The molecule has 0 amide bonds. The molecule has 2 unspecified atom stereocenters. The number of halogens is 11. The van der Waals surface area contributed by atoms with Gasteiger partial charge in [-0.05, 0) is 50.9 Å². The van der Waals surface area contributed by atoms with Crippen molar-refractivity contribution < 1.29 is 88.9 Å². The Hall–Kier alpha value is -2.27. The highest BCUT2D eigenvalue weighted by Crippen LogP contribution is 2.60. The van der Waals surface area contributed by atoms with Gasteiger partial charge in [0.2, 0.25) is 0 Å². The molecular weight excluding hydrogens is 683 g/mol. The van der Waals surface area contributed by atoms with Crippen LogP contribution in [-0.2, 0) is 43.8 Å². The first-order chi connectivity index (χ1) is 19.5. The van der Waals surface area contributed by atoms with Crippen LogP contribution in [0.3, 0.4) is 0 Å². The highest BCUT2D eigenvalue weighted by atomic mass is 32.3. The molecule has 0 heterocycles. The van der Waals surface area contributed by atoms with Crippen LogP contribution in [0.5, 0.6) is 0 Å². The molecule has 254 valence electrons. The Balaban J connectivity index is 1.73. The molecule has 0 aromatic rings. The predicted octanol–water partition coefficient (Wildman–Crippen LogP) is 3.98. The van der Waals surface area contributed by atoms with Crippen LogP contribution in [0.15, 0.2) is 12.2 Å². The zero-order valence-electron chi connectivity index (χ0n) is 22.0. The molecule has 2 atom stereocenters. The zero-order chi connectivity index (χ0) is 34.2. The molecule has 4 saturated carbocycles. The summed E-state index contributed by atoms with van der Waals surface area (Å²) >= 11 is 0. The van der Waals surface area contributed by atoms with Crippen molar-refractivity contribution >= 4 is 32.0 Å². The third kappa shape index (κ3) is 5.87. The summed E-state index contributed by atoms with van der Waals surface area (Å²) < 4.78 is 207. The van der Waals surface area contributed by atoms with Crippen LogP contribution in [0.4, 0.5) is 48.3 Å². The van der Waals surface area contributed by atoms with E-state index in [9.17, 15) is 74.7 Å². The molecule has 4 bridgehead atoms. The summed E-state index contributed by atoms with van der Waals surface area (Å²) in [6, 6.07) is 0. The Bertz CT molecular complexity index is 1410. The molecular formula is C21H22F11NO9S2. The van der Waals surface area contributed by atoms with Crippen molar-refractivity contribution in [3.05, 3.63) is 12.2 Å². The molecule has 0 aromatic heterocycles. The number of hydrogen-bond donors (Lipinski definition) is 1. The fourth-order valence-corrected chi connectivity index (χ4v) is 8.59. The maximum absolute atomic E-state index is 14.3. The molecule has 4 fully saturated rings. The first-order valence-electron chi connectivity index (χ1n) is 12.0. The maximum atomic E-state index is 14.3. The van der Waals surface area contributed by atoms with Gasteiger partial charge < -0.3 is 14.2 Å². The second kappa shape index (κ2) is 10.6. The minimum atomic E-state index is -8.08. The second-order valence-corrected chi connectivity index (χ2v) is 14.7. The van der Waals surface area contributed by atoms with Crippen molar-refractivity contribution in [2.75, 3.05) is 6.79 Å². The second-order valence-electron chi connectivity index (χ2n) is 11.0. The average molecular weight is 706 g/mol. The van der Waals surface area contributed by atoms with E-state index in [0.717, 1.165) is 0 Å². The lowest BCUT2D eigenvalue weighted by Crippen LogP contribution is -2.66. The summed E-state index contributed by atoms with van der Waals surface area (Å²) in [6.45, 7) is 3.37. The van der Waals surface area contributed by atoms with E-state index < -0.39 is 82.6 Å². The first kappa shape index (κ1) is 36.2. The Morgan fingerprint density at radius 2 is 1.30 bits per heavy atom. The lowest BCUT2D eigenvalue weighted by Gasteiger charge is -2.60. The zero-order valence-corrected chi connectivity index (χ0v) is 23.6. The number of carbonyl (C=O) groups excluding carboxylic acids is 2. The van der Waals surface area contributed by atoms with Gasteiger partial charge in [-0.1, -0.05) is 10.7 Å². The van der Waals surface area contributed by atoms with E-state index in [0.29, 0.717) is 19.3 Å². The van der Waals surface area contributed by atoms with Gasteiger partial charge in [-0.2, -0.15) is 48.3 Å². The number of rotatable bonds is 12. The summed E-state index contributed by atoms with van der Waals surface area (Å²) in [6.07, 6.45) is -5.58. The largest absolute Gasteiger partial charge is 0.460 e. The summed E-state index contributed by atoms with van der Waals surface area (Å²) in [4.78, 5) is 24.0. The number of ether oxygens (including phenoxy) is 3. The highest BCUT2D eigenvalue weighted by molar-refractivity contribution is 8.06. The highest BCUT2D eigenvalue weighted by Gasteiger charge is 2.86. The molecule has 0 aliphatic heterocycles. The van der Waals surface area contributed by atoms with E-state index in [-0.39, 0.29) is 36.7 Å². The van der Waals surface area contributed by atoms with Crippen LogP contribution >= 0.6 is 0 Å². The summed E-state index contributed by atoms with van der Waals surface area (Å²) in [5.74, 6) is -19.9. The van der Waals surface area contributed by atoms with E-state index >= 15 is 0 Å². The number of carbonyl (C=O) groups is 2. The quantitative estimate of drug-likeness (QED) is 0.138. The molecule has 1 N–H and O–H groups in total. The fraction of sp³-hybridized carbons (Fsp3) is 0.810. The van der Waals surface area contributed by atoms with Gasteiger partial charge in [0.15, 0.2) is 6.79 Å². The Labute approximate surface area is 241 Å². The molecule has 4 aliphatic carbocycles. The van der Waals surface area contributed by atoms with Crippen LogP contribution in [0.25, 0.3) is 0 Å². The van der Waals surface area contributed by atoms with Crippen molar-refractivity contribution in [2.45, 2.75) is 85.2 Å². The van der Waals surface area contributed by atoms with Gasteiger partial charge in [-0.25, -0.2) is 26.4 Å². The molecule has 4 aliphatic rings. The Morgan fingerprint density at radius 1 is 0.818 bits per heavy atom. The number of esters is 2. The predicted molar refractivity (Wildman–Crippen MR) is 120 cm³/mol. The standard InChI is InChI=1S/C21H22F11NO9S2/c1-10(2)13(34)42-16-6-11-3-12(7-16)5-15(4-11,8-16)41-9-40-14(35)17(22,23)43(36,37)33-44(38,39)21(31,32)19(26,27)18(24,25)20(28,29)30/h11-12,33H,1,3-9H2,2H3. The summed E-state index contributed by atoms with van der Waals surface area (Å²) in [7, 11) is -15.5. The van der Waals surface area contributed by atoms with Crippen molar-refractivity contribution in [1.82, 2.24) is 4.13 Å². The van der Waals surface area contributed by atoms with Gasteiger partial charge in [0, 0.05) is 12.0 Å². The monoisotopic (exact) mass is 705 g/mol. The van der Waals surface area contributed by atoms with Gasteiger partial charge in [0.1, 0.15) is 5.60 Å². The molecule has 23 heteroatoms. The molecule has 0 saturated heterocycles. The van der Waals surface area contributed by atoms with E-state index in [1.807, 2.05) is 0 Å². The van der Waals surface area contributed by atoms with Gasteiger partial charge in [0.25, 0.3) is 10.0 Å². The van der Waals surface area contributed by atoms with E-state index in [4.69, 9.17) is 9.47 Å². The molecule has 10 nitrogen and oxygen atoms in total. The van der Waals surface area contributed by atoms with Crippen LogP contribution in [0, 0.1) is 11.8 Å². The number of sulfonamides is 2. The molecule has 4 rings (SSSR count). The fourth-order valence-electron chi connectivity index (χ4n) is 5.85. The Kier molecular flexibility index (Phi) is 8.75. The third-order valence-corrected chi connectivity index (χ3v) is 10.9. The van der Waals surface area contributed by atoms with Crippen LogP contribution in [-0.4, -0.2) is 75.3 Å². The molecule has 0 aromatic carbocycles. The molecule has 44 heavy (non-hydrogen) atoms. The van der Waals surface area contributed by atoms with E-state index in [1.165, 1.54) is 6.92 Å². The van der Waals surface area contributed by atoms with Crippen molar-refractivity contribution in [1.29, 1.82) is 0 Å². The van der Waals surface area contributed by atoms with Crippen molar-refractivity contribution in [3.8, 4) is 0 Å².